The van der Waals surface area contributed by atoms with Gasteiger partial charge >= 0.3 is 0 Å². The van der Waals surface area contributed by atoms with E-state index in [1.807, 2.05) is 0 Å². The van der Waals surface area contributed by atoms with Crippen LogP contribution in [0.2, 0.25) is 0 Å². The van der Waals surface area contributed by atoms with Crippen molar-refractivity contribution in [3.05, 3.63) is 35.9 Å². The van der Waals surface area contributed by atoms with Crippen LogP contribution < -0.4 is 5.32 Å². The Morgan fingerprint density at radius 2 is 1.86 bits per heavy atom. The Hall–Kier alpha value is -0.860. The fraction of sp³-hybridized carbons (Fsp3) is 0.684. The smallest absolute Gasteiger partial charge is 0.0333 e. The summed E-state index contributed by atoms with van der Waals surface area (Å²) in [6.07, 6.45) is 3.71. The molecule has 1 fully saturated rings. The highest BCUT2D eigenvalue weighted by atomic mass is 15.3. The Labute approximate surface area is 130 Å². The maximum atomic E-state index is 3.82. The van der Waals surface area contributed by atoms with Crippen molar-refractivity contribution < 1.29 is 0 Å². The maximum absolute atomic E-state index is 3.82. The Bertz CT molecular complexity index is 409. The summed E-state index contributed by atoms with van der Waals surface area (Å²) in [7, 11) is 0. The standard InChI is InChI=1S/C19H32N2/c1-5-19(6-2)15-20-18(12-16(3)4)14-21(19)13-17-10-8-7-9-11-17/h7-11,16,18,20H,5-6,12-15H2,1-4H3. The lowest BCUT2D eigenvalue weighted by Gasteiger charge is -2.50. The van der Waals surface area contributed by atoms with Gasteiger partial charge in [0.05, 0.1) is 0 Å². The molecule has 1 aromatic carbocycles. The summed E-state index contributed by atoms with van der Waals surface area (Å²) in [5.74, 6) is 0.761. The zero-order chi connectivity index (χ0) is 15.3. The average molecular weight is 288 g/mol. The lowest BCUT2D eigenvalue weighted by molar-refractivity contribution is 0.0206. The van der Waals surface area contributed by atoms with Crippen LogP contribution in [0, 0.1) is 5.92 Å². The van der Waals surface area contributed by atoms with Crippen molar-refractivity contribution in [2.24, 2.45) is 5.92 Å². The lowest BCUT2D eigenvalue weighted by Crippen LogP contribution is -2.63. The zero-order valence-electron chi connectivity index (χ0n) is 14.2. The van der Waals surface area contributed by atoms with Crippen LogP contribution in [0.4, 0.5) is 0 Å². The Kier molecular flexibility index (Phi) is 5.83. The SMILES string of the molecule is CCC1(CC)CNC(CC(C)C)CN1Cc1ccccc1. The molecule has 1 aliphatic heterocycles. The topological polar surface area (TPSA) is 15.3 Å². The van der Waals surface area contributed by atoms with E-state index < -0.39 is 0 Å². The molecule has 0 bridgehead atoms. The molecule has 0 aromatic heterocycles. The number of piperazine rings is 1. The minimum Gasteiger partial charge on any atom is -0.311 e. The van der Waals surface area contributed by atoms with Crippen LogP contribution in [-0.4, -0.2) is 29.6 Å². The van der Waals surface area contributed by atoms with Crippen LogP contribution in [0.15, 0.2) is 30.3 Å². The summed E-state index contributed by atoms with van der Waals surface area (Å²) in [6, 6.07) is 11.6. The van der Waals surface area contributed by atoms with Gasteiger partial charge < -0.3 is 5.32 Å². The van der Waals surface area contributed by atoms with Gasteiger partial charge in [0.15, 0.2) is 0 Å². The number of nitrogens with one attached hydrogen (secondary N) is 1. The van der Waals surface area contributed by atoms with Gasteiger partial charge in [0.25, 0.3) is 0 Å². The van der Waals surface area contributed by atoms with Crippen molar-refractivity contribution in [2.75, 3.05) is 13.1 Å². The molecule has 1 saturated heterocycles. The monoisotopic (exact) mass is 288 g/mol. The van der Waals surface area contributed by atoms with Crippen molar-refractivity contribution in [2.45, 2.75) is 65.1 Å². The van der Waals surface area contributed by atoms with Crippen LogP contribution in [0.3, 0.4) is 0 Å². The molecule has 2 rings (SSSR count). The van der Waals surface area contributed by atoms with Gasteiger partial charge in [-0.05, 0) is 30.7 Å². The summed E-state index contributed by atoms with van der Waals surface area (Å²) in [5.41, 5.74) is 1.76. The van der Waals surface area contributed by atoms with Crippen LogP contribution in [0.25, 0.3) is 0 Å². The summed E-state index contributed by atoms with van der Waals surface area (Å²) < 4.78 is 0. The Balaban J connectivity index is 2.13. The first kappa shape index (κ1) is 16.5. The molecule has 1 N–H and O–H groups in total. The molecule has 0 aliphatic carbocycles. The van der Waals surface area contributed by atoms with Gasteiger partial charge in [-0.2, -0.15) is 0 Å². The number of nitrogens with zero attached hydrogens (tertiary/aromatic N) is 1. The van der Waals surface area contributed by atoms with E-state index in [1.165, 1.54) is 31.4 Å². The van der Waals surface area contributed by atoms with E-state index in [4.69, 9.17) is 0 Å². The predicted octanol–water partition coefficient (Wildman–Crippen LogP) is 4.07. The first-order valence-electron chi connectivity index (χ1n) is 8.62. The highest BCUT2D eigenvalue weighted by Crippen LogP contribution is 2.29. The molecule has 1 aromatic rings. The van der Waals surface area contributed by atoms with Gasteiger partial charge in [0.1, 0.15) is 0 Å². The van der Waals surface area contributed by atoms with Crippen molar-refractivity contribution in [3.8, 4) is 0 Å². The predicted molar refractivity (Wildman–Crippen MR) is 91.4 cm³/mol. The quantitative estimate of drug-likeness (QED) is 0.849. The molecule has 118 valence electrons. The number of rotatable bonds is 6. The van der Waals surface area contributed by atoms with E-state index >= 15 is 0 Å². The van der Waals surface area contributed by atoms with Gasteiger partial charge in [-0.25, -0.2) is 0 Å². The fourth-order valence-electron chi connectivity index (χ4n) is 3.68. The van der Waals surface area contributed by atoms with E-state index in [1.54, 1.807) is 0 Å². The molecule has 0 spiro atoms. The van der Waals surface area contributed by atoms with E-state index in [9.17, 15) is 0 Å². The lowest BCUT2D eigenvalue weighted by atomic mass is 9.85. The molecular formula is C19H32N2. The largest absolute Gasteiger partial charge is 0.311 e. The molecule has 21 heavy (non-hydrogen) atoms. The van der Waals surface area contributed by atoms with E-state index in [-0.39, 0.29) is 0 Å². The van der Waals surface area contributed by atoms with Crippen LogP contribution in [-0.2, 0) is 6.54 Å². The van der Waals surface area contributed by atoms with Crippen LogP contribution in [0.1, 0.15) is 52.5 Å². The van der Waals surface area contributed by atoms with E-state index in [0.29, 0.717) is 11.6 Å². The molecular weight excluding hydrogens is 256 g/mol. The second-order valence-corrected chi connectivity index (χ2v) is 7.00. The van der Waals surface area contributed by atoms with Gasteiger partial charge in [-0.1, -0.05) is 58.0 Å². The van der Waals surface area contributed by atoms with Crippen LogP contribution >= 0.6 is 0 Å². The molecule has 1 aliphatic rings. The zero-order valence-corrected chi connectivity index (χ0v) is 14.2. The van der Waals surface area contributed by atoms with Crippen molar-refractivity contribution in [1.82, 2.24) is 10.2 Å². The summed E-state index contributed by atoms with van der Waals surface area (Å²) in [5, 5.41) is 3.82. The number of benzene rings is 1. The molecule has 0 radical (unpaired) electrons. The normalized spacial score (nSPS) is 22.6. The molecule has 2 nitrogen and oxygen atoms in total. The summed E-state index contributed by atoms with van der Waals surface area (Å²) in [4.78, 5) is 2.74. The highest BCUT2D eigenvalue weighted by Gasteiger charge is 2.38. The second-order valence-electron chi connectivity index (χ2n) is 7.00. The first-order valence-corrected chi connectivity index (χ1v) is 8.62. The average Bonchev–Trinajstić information content (AvgIpc) is 2.49. The molecule has 2 heteroatoms. The van der Waals surface area contributed by atoms with Gasteiger partial charge in [0.2, 0.25) is 0 Å². The maximum Gasteiger partial charge on any atom is 0.0333 e. The fourth-order valence-corrected chi connectivity index (χ4v) is 3.68. The summed E-state index contributed by atoms with van der Waals surface area (Å²) in [6.45, 7) is 12.7. The molecule has 0 saturated carbocycles. The number of hydrogen-bond acceptors (Lipinski definition) is 2. The van der Waals surface area contributed by atoms with Gasteiger partial charge in [-0.15, -0.1) is 0 Å². The third kappa shape index (κ3) is 4.08. The van der Waals surface area contributed by atoms with Crippen LogP contribution in [0.5, 0.6) is 0 Å². The first-order chi connectivity index (χ1) is 10.1. The summed E-state index contributed by atoms with van der Waals surface area (Å²) >= 11 is 0. The molecule has 1 heterocycles. The van der Waals surface area contributed by atoms with Crippen molar-refractivity contribution >= 4 is 0 Å². The van der Waals surface area contributed by atoms with Crippen molar-refractivity contribution in [1.29, 1.82) is 0 Å². The van der Waals surface area contributed by atoms with Crippen molar-refractivity contribution in [3.63, 3.8) is 0 Å². The molecule has 1 atom stereocenters. The van der Waals surface area contributed by atoms with Gasteiger partial charge in [0, 0.05) is 31.2 Å². The second kappa shape index (κ2) is 7.42. The van der Waals surface area contributed by atoms with E-state index in [0.717, 1.165) is 19.0 Å². The third-order valence-electron chi connectivity index (χ3n) is 5.12. The van der Waals surface area contributed by atoms with Gasteiger partial charge in [-0.3, -0.25) is 4.90 Å². The number of hydrogen-bond donors (Lipinski definition) is 1. The molecule has 1 unspecified atom stereocenters. The Morgan fingerprint density at radius 1 is 1.19 bits per heavy atom. The van der Waals surface area contributed by atoms with E-state index in [2.05, 4.69) is 68.2 Å². The molecule has 0 amide bonds. The minimum absolute atomic E-state index is 0.323. The Morgan fingerprint density at radius 3 is 2.43 bits per heavy atom. The highest BCUT2D eigenvalue weighted by molar-refractivity contribution is 5.15. The minimum atomic E-state index is 0.323. The third-order valence-corrected chi connectivity index (χ3v) is 5.12.